The lowest BCUT2D eigenvalue weighted by molar-refractivity contribution is 0.395. The number of rotatable bonds is 3. The normalized spacial score (nSPS) is 10.2. The molecule has 0 aliphatic heterocycles. The summed E-state index contributed by atoms with van der Waals surface area (Å²) in [5.74, 6) is 0.00756. The van der Waals surface area contributed by atoms with Crippen LogP contribution < -0.4 is 15.0 Å². The zero-order valence-electron chi connectivity index (χ0n) is 9.86. The maximum absolute atomic E-state index is 13.7. The molecule has 0 spiro atoms. The molecular weight excluding hydrogens is 239 g/mol. The van der Waals surface area contributed by atoms with Crippen molar-refractivity contribution in [1.29, 1.82) is 0 Å². The first-order valence-electron chi connectivity index (χ1n) is 5.13. The largest absolute Gasteiger partial charge is 0.497 e. The van der Waals surface area contributed by atoms with Crippen LogP contribution in [0, 0.1) is 5.82 Å². The Balaban J connectivity index is 2.63. The number of aromatic amines is 1. The first kappa shape index (κ1) is 12.1. The van der Waals surface area contributed by atoms with Crippen LogP contribution in [0.4, 0.5) is 4.39 Å². The van der Waals surface area contributed by atoms with Crippen LogP contribution in [0.2, 0.25) is 0 Å². The van der Waals surface area contributed by atoms with E-state index in [1.165, 1.54) is 14.2 Å². The molecule has 0 fully saturated rings. The van der Waals surface area contributed by atoms with Gasteiger partial charge < -0.3 is 14.5 Å². The van der Waals surface area contributed by atoms with Crippen LogP contribution >= 0.6 is 0 Å². The van der Waals surface area contributed by atoms with E-state index >= 15 is 0 Å². The van der Waals surface area contributed by atoms with Gasteiger partial charge in [-0.15, -0.1) is 0 Å². The number of hydrogen-bond donors (Lipinski definition) is 1. The number of hydrogen-bond acceptors (Lipinski definition) is 4. The third-order valence-electron chi connectivity index (χ3n) is 2.46. The molecule has 0 aliphatic rings. The molecule has 0 saturated heterocycles. The first-order valence-corrected chi connectivity index (χ1v) is 5.13. The maximum Gasteiger partial charge on any atom is 0.287 e. The Hall–Kier alpha value is -2.37. The first-order chi connectivity index (χ1) is 8.67. The van der Waals surface area contributed by atoms with E-state index in [9.17, 15) is 9.18 Å². The van der Waals surface area contributed by atoms with E-state index in [0.717, 1.165) is 6.33 Å². The fourth-order valence-corrected chi connectivity index (χ4v) is 1.56. The van der Waals surface area contributed by atoms with Crippen LogP contribution in [0.3, 0.4) is 0 Å². The molecule has 0 amide bonds. The van der Waals surface area contributed by atoms with Crippen molar-refractivity contribution in [2.45, 2.75) is 0 Å². The second-order valence-electron chi connectivity index (χ2n) is 3.46. The van der Waals surface area contributed by atoms with Gasteiger partial charge in [0.15, 0.2) is 0 Å². The van der Waals surface area contributed by atoms with E-state index in [-0.39, 0.29) is 5.69 Å². The standard InChI is InChI=1S/C12H11FN2O3/c1-17-7-3-4-8(9(5-7)18-2)11-10(13)12(16)15-6-14-11/h3-6H,1-2H3,(H,14,15,16). The second kappa shape index (κ2) is 4.87. The molecule has 1 aromatic carbocycles. The lowest BCUT2D eigenvalue weighted by Crippen LogP contribution is -2.12. The Labute approximate surface area is 102 Å². The van der Waals surface area contributed by atoms with Gasteiger partial charge in [0, 0.05) is 11.6 Å². The highest BCUT2D eigenvalue weighted by Gasteiger charge is 2.15. The molecule has 1 N–H and O–H groups in total. The van der Waals surface area contributed by atoms with Gasteiger partial charge >= 0.3 is 0 Å². The number of nitrogens with zero attached hydrogens (tertiary/aromatic N) is 1. The lowest BCUT2D eigenvalue weighted by atomic mass is 10.1. The van der Waals surface area contributed by atoms with Crippen LogP contribution in [-0.2, 0) is 0 Å². The molecule has 0 radical (unpaired) electrons. The van der Waals surface area contributed by atoms with Crippen molar-refractivity contribution < 1.29 is 13.9 Å². The van der Waals surface area contributed by atoms with E-state index < -0.39 is 11.4 Å². The average Bonchev–Trinajstić information content (AvgIpc) is 2.41. The van der Waals surface area contributed by atoms with Crippen molar-refractivity contribution in [2.75, 3.05) is 14.2 Å². The number of halogens is 1. The smallest absolute Gasteiger partial charge is 0.287 e. The van der Waals surface area contributed by atoms with Crippen LogP contribution in [0.15, 0.2) is 29.3 Å². The second-order valence-corrected chi connectivity index (χ2v) is 3.46. The molecule has 6 heteroatoms. The Morgan fingerprint density at radius 3 is 2.72 bits per heavy atom. The number of nitrogens with one attached hydrogen (secondary N) is 1. The molecule has 18 heavy (non-hydrogen) atoms. The van der Waals surface area contributed by atoms with Gasteiger partial charge in [0.05, 0.1) is 20.5 Å². The average molecular weight is 250 g/mol. The monoisotopic (exact) mass is 250 g/mol. The lowest BCUT2D eigenvalue weighted by Gasteiger charge is -2.09. The number of benzene rings is 1. The fraction of sp³-hybridized carbons (Fsp3) is 0.167. The highest BCUT2D eigenvalue weighted by molar-refractivity contribution is 5.68. The minimum atomic E-state index is -0.944. The zero-order chi connectivity index (χ0) is 13.1. The zero-order valence-corrected chi connectivity index (χ0v) is 9.86. The quantitative estimate of drug-likeness (QED) is 0.898. The summed E-state index contributed by atoms with van der Waals surface area (Å²) < 4.78 is 23.9. The van der Waals surface area contributed by atoms with E-state index in [2.05, 4.69) is 9.97 Å². The van der Waals surface area contributed by atoms with Gasteiger partial charge in [-0.05, 0) is 12.1 Å². The highest BCUT2D eigenvalue weighted by Crippen LogP contribution is 2.32. The third kappa shape index (κ3) is 2.04. The Bertz CT molecular complexity index is 625. The summed E-state index contributed by atoms with van der Waals surface area (Å²) in [4.78, 5) is 17.2. The topological polar surface area (TPSA) is 64.2 Å². The van der Waals surface area contributed by atoms with Crippen molar-refractivity contribution in [3.8, 4) is 22.8 Å². The summed E-state index contributed by atoms with van der Waals surface area (Å²) in [7, 11) is 2.96. The van der Waals surface area contributed by atoms with Crippen molar-refractivity contribution >= 4 is 0 Å². The van der Waals surface area contributed by atoms with Gasteiger partial charge in [0.2, 0.25) is 5.82 Å². The molecular formula is C12H11FN2O3. The van der Waals surface area contributed by atoms with Gasteiger partial charge in [-0.1, -0.05) is 0 Å². The van der Waals surface area contributed by atoms with Crippen molar-refractivity contribution in [2.24, 2.45) is 0 Å². The highest BCUT2D eigenvalue weighted by atomic mass is 19.1. The van der Waals surface area contributed by atoms with E-state index in [4.69, 9.17) is 9.47 Å². The molecule has 0 aliphatic carbocycles. The molecule has 94 valence electrons. The molecule has 1 aromatic heterocycles. The minimum absolute atomic E-state index is 0.0572. The molecule has 2 rings (SSSR count). The van der Waals surface area contributed by atoms with Crippen molar-refractivity contribution in [1.82, 2.24) is 9.97 Å². The Morgan fingerprint density at radius 2 is 2.06 bits per heavy atom. The van der Waals surface area contributed by atoms with Crippen LogP contribution in [0.1, 0.15) is 0 Å². The summed E-state index contributed by atoms with van der Waals surface area (Å²) in [6, 6.07) is 4.82. The Morgan fingerprint density at radius 1 is 1.28 bits per heavy atom. The van der Waals surface area contributed by atoms with Crippen LogP contribution in [0.5, 0.6) is 11.5 Å². The minimum Gasteiger partial charge on any atom is -0.497 e. The molecule has 0 unspecified atom stereocenters. The van der Waals surface area contributed by atoms with Crippen LogP contribution in [-0.4, -0.2) is 24.2 Å². The van der Waals surface area contributed by atoms with E-state index in [1.54, 1.807) is 18.2 Å². The number of ether oxygens (including phenoxy) is 2. The third-order valence-corrected chi connectivity index (χ3v) is 2.46. The molecule has 0 saturated carbocycles. The molecule has 2 aromatic rings. The summed E-state index contributed by atoms with van der Waals surface area (Å²) in [5, 5.41) is 0. The molecule has 0 atom stereocenters. The number of aromatic nitrogens is 2. The SMILES string of the molecule is COc1ccc(-c2nc[nH]c(=O)c2F)c(OC)c1. The maximum atomic E-state index is 13.7. The Kier molecular flexibility index (Phi) is 3.27. The van der Waals surface area contributed by atoms with Gasteiger partial charge in [-0.25, -0.2) is 4.98 Å². The van der Waals surface area contributed by atoms with E-state index in [1.807, 2.05) is 0 Å². The van der Waals surface area contributed by atoms with Gasteiger partial charge in [-0.2, -0.15) is 4.39 Å². The fourth-order valence-electron chi connectivity index (χ4n) is 1.56. The van der Waals surface area contributed by atoms with Gasteiger partial charge in [0.1, 0.15) is 17.2 Å². The number of methoxy groups -OCH3 is 2. The molecule has 0 bridgehead atoms. The molecule has 5 nitrogen and oxygen atoms in total. The predicted octanol–water partition coefficient (Wildman–Crippen LogP) is 1.59. The van der Waals surface area contributed by atoms with Crippen LogP contribution in [0.25, 0.3) is 11.3 Å². The van der Waals surface area contributed by atoms with Gasteiger partial charge in [-0.3, -0.25) is 4.79 Å². The summed E-state index contributed by atoms with van der Waals surface area (Å²) in [6.07, 6.45) is 1.14. The van der Waals surface area contributed by atoms with E-state index in [0.29, 0.717) is 17.1 Å². The van der Waals surface area contributed by atoms with Gasteiger partial charge in [0.25, 0.3) is 5.56 Å². The predicted molar refractivity (Wildman–Crippen MR) is 63.4 cm³/mol. The number of H-pyrrole nitrogens is 1. The van der Waals surface area contributed by atoms with Crippen molar-refractivity contribution in [3.05, 3.63) is 40.7 Å². The molecule has 1 heterocycles. The summed E-state index contributed by atoms with van der Waals surface area (Å²) >= 11 is 0. The summed E-state index contributed by atoms with van der Waals surface area (Å²) in [6.45, 7) is 0. The summed E-state index contributed by atoms with van der Waals surface area (Å²) in [5.41, 5.74) is -0.488. The van der Waals surface area contributed by atoms with Crippen molar-refractivity contribution in [3.63, 3.8) is 0 Å².